The zero-order valence-corrected chi connectivity index (χ0v) is 19.8. The van der Waals surface area contributed by atoms with Crippen LogP contribution >= 0.6 is 11.6 Å². The van der Waals surface area contributed by atoms with Crippen molar-refractivity contribution >= 4 is 17.5 Å². The minimum absolute atomic E-state index is 0.00425. The van der Waals surface area contributed by atoms with Crippen LogP contribution in [-0.2, 0) is 11.3 Å². The third kappa shape index (κ3) is 6.67. The number of hydrogen-bond acceptors (Lipinski definition) is 5. The van der Waals surface area contributed by atoms with Gasteiger partial charge in [0, 0.05) is 69.5 Å². The molecule has 8 heteroatoms. The number of carbonyl (C=O) groups excluding carboxylic acids is 1. The summed E-state index contributed by atoms with van der Waals surface area (Å²) in [7, 11) is 0. The van der Waals surface area contributed by atoms with Crippen LogP contribution in [0.4, 0.5) is 4.39 Å². The molecule has 2 aliphatic rings. The summed E-state index contributed by atoms with van der Waals surface area (Å²) in [5, 5.41) is 4.03. The summed E-state index contributed by atoms with van der Waals surface area (Å²) in [6.45, 7) is 9.12. The van der Waals surface area contributed by atoms with Gasteiger partial charge >= 0.3 is 0 Å². The topological polar surface area (TPSA) is 48.0 Å². The molecule has 2 atom stereocenters. The SMILES string of the molecule is CC1CN(Cc2ccc(F)cc2)C(CN2CCNCC2)CN1C(=O)COc1ccc(Cl)cc1. The maximum atomic E-state index is 13.4. The average Bonchev–Trinajstić information content (AvgIpc) is 2.82. The first-order valence-corrected chi connectivity index (χ1v) is 11.9. The van der Waals surface area contributed by atoms with Gasteiger partial charge in [0.2, 0.25) is 0 Å². The highest BCUT2D eigenvalue weighted by molar-refractivity contribution is 6.30. The molecular formula is C25H32ClFN4O2. The van der Waals surface area contributed by atoms with E-state index in [1.54, 1.807) is 24.3 Å². The smallest absolute Gasteiger partial charge is 0.260 e. The molecule has 0 aromatic heterocycles. The van der Waals surface area contributed by atoms with E-state index in [0.29, 0.717) is 17.3 Å². The number of nitrogens with zero attached hydrogens (tertiary/aromatic N) is 3. The maximum Gasteiger partial charge on any atom is 0.260 e. The molecule has 2 unspecified atom stereocenters. The van der Waals surface area contributed by atoms with Gasteiger partial charge < -0.3 is 15.0 Å². The summed E-state index contributed by atoms with van der Waals surface area (Å²) in [5.41, 5.74) is 1.08. The number of ether oxygens (including phenoxy) is 1. The van der Waals surface area contributed by atoms with Crippen LogP contribution in [-0.4, -0.2) is 85.1 Å². The van der Waals surface area contributed by atoms with Gasteiger partial charge in [0.1, 0.15) is 11.6 Å². The normalized spacial score (nSPS) is 22.3. The van der Waals surface area contributed by atoms with Crippen molar-refractivity contribution in [2.75, 3.05) is 52.4 Å². The second-order valence-electron chi connectivity index (χ2n) is 8.90. The molecule has 2 aromatic carbocycles. The molecule has 2 fully saturated rings. The summed E-state index contributed by atoms with van der Waals surface area (Å²) in [6, 6.07) is 14.0. The van der Waals surface area contributed by atoms with Crippen LogP contribution in [0.15, 0.2) is 48.5 Å². The summed E-state index contributed by atoms with van der Waals surface area (Å²) in [4.78, 5) is 19.9. The Kier molecular flexibility index (Phi) is 8.20. The van der Waals surface area contributed by atoms with Crippen molar-refractivity contribution in [1.29, 1.82) is 0 Å². The molecule has 4 rings (SSSR count). The molecule has 2 heterocycles. The fourth-order valence-corrected chi connectivity index (χ4v) is 4.72. The molecule has 1 amide bonds. The Morgan fingerprint density at radius 1 is 1.09 bits per heavy atom. The van der Waals surface area contributed by atoms with Crippen molar-refractivity contribution in [3.63, 3.8) is 0 Å². The molecule has 33 heavy (non-hydrogen) atoms. The van der Waals surface area contributed by atoms with Crippen molar-refractivity contribution in [3.8, 4) is 5.75 Å². The molecule has 0 aliphatic carbocycles. The molecule has 178 valence electrons. The zero-order valence-electron chi connectivity index (χ0n) is 19.1. The van der Waals surface area contributed by atoms with Gasteiger partial charge in [-0.3, -0.25) is 14.6 Å². The lowest BCUT2D eigenvalue weighted by atomic mass is 10.0. The monoisotopic (exact) mass is 474 g/mol. The molecular weight excluding hydrogens is 443 g/mol. The minimum atomic E-state index is -0.222. The van der Waals surface area contributed by atoms with Crippen LogP contribution in [0.2, 0.25) is 5.02 Å². The molecule has 0 bridgehead atoms. The van der Waals surface area contributed by atoms with E-state index in [-0.39, 0.29) is 30.4 Å². The van der Waals surface area contributed by atoms with Crippen LogP contribution in [0.25, 0.3) is 0 Å². The Morgan fingerprint density at radius 3 is 2.48 bits per heavy atom. The first kappa shape index (κ1) is 24.0. The number of hydrogen-bond donors (Lipinski definition) is 1. The van der Waals surface area contributed by atoms with E-state index >= 15 is 0 Å². The lowest BCUT2D eigenvalue weighted by Crippen LogP contribution is -2.62. The van der Waals surface area contributed by atoms with Crippen LogP contribution in [0, 0.1) is 5.82 Å². The van der Waals surface area contributed by atoms with E-state index in [9.17, 15) is 9.18 Å². The lowest BCUT2D eigenvalue weighted by molar-refractivity contribution is -0.140. The predicted octanol–water partition coefficient (Wildman–Crippen LogP) is 2.86. The van der Waals surface area contributed by atoms with Gasteiger partial charge in [0.15, 0.2) is 6.61 Å². The Bertz CT molecular complexity index is 906. The molecule has 0 saturated carbocycles. The van der Waals surface area contributed by atoms with Crippen molar-refractivity contribution in [1.82, 2.24) is 20.0 Å². The molecule has 6 nitrogen and oxygen atoms in total. The molecule has 0 spiro atoms. The highest BCUT2D eigenvalue weighted by Crippen LogP contribution is 2.21. The van der Waals surface area contributed by atoms with Gasteiger partial charge in [-0.25, -0.2) is 4.39 Å². The fourth-order valence-electron chi connectivity index (χ4n) is 4.60. The Balaban J connectivity index is 1.42. The number of benzene rings is 2. The van der Waals surface area contributed by atoms with Gasteiger partial charge in [0.05, 0.1) is 0 Å². The van der Waals surface area contributed by atoms with Gasteiger partial charge in [0.25, 0.3) is 5.91 Å². The predicted molar refractivity (Wildman–Crippen MR) is 128 cm³/mol. The van der Waals surface area contributed by atoms with Gasteiger partial charge in [-0.2, -0.15) is 0 Å². The molecule has 0 radical (unpaired) electrons. The first-order valence-electron chi connectivity index (χ1n) is 11.6. The van der Waals surface area contributed by atoms with E-state index in [2.05, 4.69) is 22.0 Å². The summed E-state index contributed by atoms with van der Waals surface area (Å²) in [5.74, 6) is 0.400. The van der Waals surface area contributed by atoms with Crippen molar-refractivity contribution in [3.05, 3.63) is 64.9 Å². The van der Waals surface area contributed by atoms with Crippen molar-refractivity contribution < 1.29 is 13.9 Å². The van der Waals surface area contributed by atoms with Crippen molar-refractivity contribution in [2.45, 2.75) is 25.6 Å². The van der Waals surface area contributed by atoms with E-state index in [4.69, 9.17) is 16.3 Å². The van der Waals surface area contributed by atoms with E-state index < -0.39 is 0 Å². The van der Waals surface area contributed by atoms with E-state index in [1.165, 1.54) is 12.1 Å². The van der Waals surface area contributed by atoms with Crippen LogP contribution in [0.5, 0.6) is 5.75 Å². The van der Waals surface area contributed by atoms with E-state index in [1.807, 2.05) is 17.0 Å². The van der Waals surface area contributed by atoms with Crippen LogP contribution in [0.3, 0.4) is 0 Å². The molecule has 2 aliphatic heterocycles. The van der Waals surface area contributed by atoms with Gasteiger partial charge in [-0.05, 0) is 48.9 Å². The molecule has 2 aromatic rings. The number of halogens is 2. The number of amides is 1. The number of carbonyl (C=O) groups is 1. The van der Waals surface area contributed by atoms with Crippen molar-refractivity contribution in [2.24, 2.45) is 0 Å². The maximum absolute atomic E-state index is 13.4. The van der Waals surface area contributed by atoms with Gasteiger partial charge in [-0.15, -0.1) is 0 Å². The van der Waals surface area contributed by atoms with Crippen LogP contribution < -0.4 is 10.1 Å². The standard InChI is InChI=1S/C25H32ClFN4O2/c1-19-14-30(15-20-2-6-22(27)7-3-20)23(16-29-12-10-28-11-13-29)17-31(19)25(32)18-33-24-8-4-21(26)5-9-24/h2-9,19,23,28H,10-18H2,1H3. The summed E-state index contributed by atoms with van der Waals surface area (Å²) < 4.78 is 19.1. The first-order chi connectivity index (χ1) is 16.0. The highest BCUT2D eigenvalue weighted by atomic mass is 35.5. The molecule has 1 N–H and O–H groups in total. The quantitative estimate of drug-likeness (QED) is 0.668. The Hall–Kier alpha value is -2.19. The number of nitrogens with one attached hydrogen (secondary N) is 1. The minimum Gasteiger partial charge on any atom is -0.484 e. The number of rotatable bonds is 7. The number of piperazine rings is 2. The average molecular weight is 475 g/mol. The Morgan fingerprint density at radius 2 is 1.79 bits per heavy atom. The second kappa shape index (κ2) is 11.3. The third-order valence-electron chi connectivity index (χ3n) is 6.43. The second-order valence-corrected chi connectivity index (χ2v) is 9.33. The molecule has 2 saturated heterocycles. The highest BCUT2D eigenvalue weighted by Gasteiger charge is 2.35. The lowest BCUT2D eigenvalue weighted by Gasteiger charge is -2.47. The summed E-state index contributed by atoms with van der Waals surface area (Å²) >= 11 is 5.93. The largest absolute Gasteiger partial charge is 0.484 e. The summed E-state index contributed by atoms with van der Waals surface area (Å²) in [6.07, 6.45) is 0. The van der Waals surface area contributed by atoms with E-state index in [0.717, 1.165) is 51.4 Å². The van der Waals surface area contributed by atoms with Crippen LogP contribution in [0.1, 0.15) is 12.5 Å². The Labute approximate surface area is 200 Å². The third-order valence-corrected chi connectivity index (χ3v) is 6.68. The zero-order chi connectivity index (χ0) is 23.2. The van der Waals surface area contributed by atoms with Gasteiger partial charge in [-0.1, -0.05) is 23.7 Å². The fraction of sp³-hybridized carbons (Fsp3) is 0.480.